The fourth-order valence-corrected chi connectivity index (χ4v) is 6.41. The number of pyridine rings is 1. The molecule has 234 valence electrons. The van der Waals surface area contributed by atoms with E-state index in [0.29, 0.717) is 23.6 Å². The molecule has 13 heteroatoms. The molecule has 0 radical (unpaired) electrons. The van der Waals surface area contributed by atoms with E-state index in [-0.39, 0.29) is 29.8 Å². The molecular formula is C32H25F7N4O2. The summed E-state index contributed by atoms with van der Waals surface area (Å²) in [4.78, 5) is 29.8. The first kappa shape index (κ1) is 30.5. The van der Waals surface area contributed by atoms with Crippen LogP contribution in [0.5, 0.6) is 0 Å². The second-order valence-corrected chi connectivity index (χ2v) is 11.5. The van der Waals surface area contributed by atoms with Crippen molar-refractivity contribution in [2.75, 3.05) is 0 Å². The molecule has 2 aliphatic rings. The minimum Gasteiger partial charge on any atom is -0.366 e. The van der Waals surface area contributed by atoms with E-state index in [4.69, 9.17) is 5.73 Å². The Labute approximate surface area is 252 Å². The molecule has 2 aromatic heterocycles. The summed E-state index contributed by atoms with van der Waals surface area (Å²) in [5, 5.41) is 3.76. The van der Waals surface area contributed by atoms with Crippen molar-refractivity contribution >= 4 is 11.7 Å². The quantitative estimate of drug-likeness (QED) is 0.192. The second-order valence-electron chi connectivity index (χ2n) is 11.5. The van der Waals surface area contributed by atoms with Crippen molar-refractivity contribution in [2.45, 2.75) is 56.4 Å². The maximum absolute atomic E-state index is 14.9. The van der Waals surface area contributed by atoms with Crippen molar-refractivity contribution in [1.82, 2.24) is 14.8 Å². The van der Waals surface area contributed by atoms with Crippen molar-refractivity contribution in [3.05, 3.63) is 106 Å². The van der Waals surface area contributed by atoms with E-state index in [1.807, 2.05) is 0 Å². The van der Waals surface area contributed by atoms with Gasteiger partial charge in [0.25, 0.3) is 18.3 Å². The second kappa shape index (κ2) is 11.4. The van der Waals surface area contributed by atoms with Gasteiger partial charge in [-0.3, -0.25) is 19.3 Å². The highest BCUT2D eigenvalue weighted by molar-refractivity contribution is 5.94. The summed E-state index contributed by atoms with van der Waals surface area (Å²) in [5.41, 5.74) is 4.11. The summed E-state index contributed by atoms with van der Waals surface area (Å²) in [6.07, 6.45) is -2.51. The van der Waals surface area contributed by atoms with Crippen LogP contribution in [-0.4, -0.2) is 26.5 Å². The fraction of sp³-hybridized carbons (Fsp3) is 0.312. The van der Waals surface area contributed by atoms with Gasteiger partial charge in [-0.05, 0) is 60.2 Å². The molecule has 0 saturated heterocycles. The SMILES string of the molecule is NC(=O)c1cc(-c2cccnc2[C@@H](CC(=O)Cn2nc(C(F)F)c3c2C2CC2CC3(F)F)Cc2cc(F)cc(F)c2)ccc1F. The first-order valence-corrected chi connectivity index (χ1v) is 14.1. The molecule has 0 aliphatic heterocycles. The van der Waals surface area contributed by atoms with Crippen molar-refractivity contribution in [3.63, 3.8) is 0 Å². The fourth-order valence-electron chi connectivity index (χ4n) is 6.41. The zero-order valence-corrected chi connectivity index (χ0v) is 23.4. The molecule has 2 unspecified atom stereocenters. The van der Waals surface area contributed by atoms with Gasteiger partial charge in [-0.1, -0.05) is 12.1 Å². The van der Waals surface area contributed by atoms with E-state index < -0.39 is 89.0 Å². The summed E-state index contributed by atoms with van der Waals surface area (Å²) in [6.45, 7) is -0.590. The number of benzene rings is 2. The number of hydrogen-bond donors (Lipinski definition) is 1. The Morgan fingerprint density at radius 3 is 2.44 bits per heavy atom. The summed E-state index contributed by atoms with van der Waals surface area (Å²) < 4.78 is 101. The number of carbonyl (C=O) groups excluding carboxylic acids is 2. The highest BCUT2D eigenvalue weighted by Gasteiger charge is 2.57. The zero-order valence-electron chi connectivity index (χ0n) is 23.4. The predicted octanol–water partition coefficient (Wildman–Crippen LogP) is 6.98. The van der Waals surface area contributed by atoms with Gasteiger partial charge in [-0.25, -0.2) is 30.7 Å². The molecule has 3 atom stereocenters. The van der Waals surface area contributed by atoms with Crippen molar-refractivity contribution in [3.8, 4) is 11.1 Å². The van der Waals surface area contributed by atoms with Crippen molar-refractivity contribution in [2.24, 2.45) is 11.7 Å². The smallest absolute Gasteiger partial charge is 0.282 e. The third-order valence-corrected chi connectivity index (χ3v) is 8.36. The van der Waals surface area contributed by atoms with Gasteiger partial charge in [0.05, 0.1) is 29.1 Å². The first-order valence-electron chi connectivity index (χ1n) is 14.1. The summed E-state index contributed by atoms with van der Waals surface area (Å²) in [5.74, 6) is -9.35. The van der Waals surface area contributed by atoms with Gasteiger partial charge in [0.2, 0.25) is 0 Å². The van der Waals surface area contributed by atoms with Gasteiger partial charge >= 0.3 is 0 Å². The maximum Gasteiger partial charge on any atom is 0.282 e. The number of rotatable bonds is 10. The van der Waals surface area contributed by atoms with E-state index in [1.165, 1.54) is 18.3 Å². The van der Waals surface area contributed by atoms with Crippen LogP contribution in [0.25, 0.3) is 11.1 Å². The van der Waals surface area contributed by atoms with E-state index in [0.717, 1.165) is 22.9 Å². The minimum absolute atomic E-state index is 0.0625. The molecule has 1 saturated carbocycles. The molecule has 6 rings (SSSR count). The highest BCUT2D eigenvalue weighted by Crippen LogP contribution is 2.62. The number of nitrogens with zero attached hydrogens (tertiary/aromatic N) is 3. The van der Waals surface area contributed by atoms with Crippen LogP contribution in [0.4, 0.5) is 30.7 Å². The van der Waals surface area contributed by atoms with E-state index in [2.05, 4.69) is 10.1 Å². The standard InChI is InChI=1S/C32H25F7N4O2/c33-19-7-15(8-20(34)12-19)6-17(27-22(2-1-5-41-27)16-3-4-25(35)24(10-16)31(40)45)9-21(44)14-43-29-23-11-18(23)13-32(38,39)26(29)28(42-43)30(36)37/h1-5,7-8,10,12,17-18,23,30H,6,9,11,13-14H2,(H2,40,45)/t17-,18?,23?/m1/s1. The summed E-state index contributed by atoms with van der Waals surface area (Å²) in [7, 11) is 0. The van der Waals surface area contributed by atoms with E-state index in [1.54, 1.807) is 12.1 Å². The Balaban J connectivity index is 1.38. The average molecular weight is 631 g/mol. The lowest BCUT2D eigenvalue weighted by molar-refractivity contribution is -0.120. The molecule has 0 spiro atoms. The van der Waals surface area contributed by atoms with Crippen molar-refractivity contribution in [1.29, 1.82) is 0 Å². The first-order chi connectivity index (χ1) is 21.3. The van der Waals surface area contributed by atoms with Gasteiger partial charge in [-0.15, -0.1) is 0 Å². The number of hydrogen-bond acceptors (Lipinski definition) is 4. The van der Waals surface area contributed by atoms with Crippen LogP contribution in [0.15, 0.2) is 54.7 Å². The highest BCUT2D eigenvalue weighted by atomic mass is 19.3. The third kappa shape index (κ3) is 5.95. The molecule has 1 fully saturated rings. The van der Waals surface area contributed by atoms with Crippen LogP contribution in [0.1, 0.15) is 76.1 Å². The Hall–Kier alpha value is -4.55. The summed E-state index contributed by atoms with van der Waals surface area (Å²) in [6, 6.07) is 9.63. The lowest BCUT2D eigenvalue weighted by atomic mass is 9.86. The topological polar surface area (TPSA) is 90.9 Å². The van der Waals surface area contributed by atoms with Gasteiger partial charge in [0, 0.05) is 42.5 Å². The number of primary amides is 1. The monoisotopic (exact) mass is 630 g/mol. The van der Waals surface area contributed by atoms with Crippen LogP contribution in [-0.2, 0) is 23.7 Å². The predicted molar refractivity (Wildman–Crippen MR) is 147 cm³/mol. The Morgan fingerprint density at radius 2 is 1.76 bits per heavy atom. The van der Waals surface area contributed by atoms with Crippen LogP contribution in [0.2, 0.25) is 0 Å². The molecule has 6 nitrogen and oxygen atoms in total. The molecule has 2 aromatic carbocycles. The largest absolute Gasteiger partial charge is 0.366 e. The number of ketones is 1. The zero-order chi connectivity index (χ0) is 32.2. The molecule has 2 aliphatic carbocycles. The number of alkyl halides is 4. The summed E-state index contributed by atoms with van der Waals surface area (Å²) >= 11 is 0. The Morgan fingerprint density at radius 1 is 1.02 bits per heavy atom. The number of fused-ring (bicyclic) bond motifs is 3. The van der Waals surface area contributed by atoms with Crippen LogP contribution in [0.3, 0.4) is 0 Å². The van der Waals surface area contributed by atoms with Gasteiger partial charge in [0.1, 0.15) is 23.1 Å². The number of carbonyl (C=O) groups is 2. The molecule has 45 heavy (non-hydrogen) atoms. The van der Waals surface area contributed by atoms with Gasteiger partial charge in [0.15, 0.2) is 5.78 Å². The van der Waals surface area contributed by atoms with Gasteiger partial charge in [-0.2, -0.15) is 5.10 Å². The van der Waals surface area contributed by atoms with E-state index in [9.17, 15) is 40.3 Å². The normalized spacial score (nSPS) is 18.8. The number of halogens is 7. The molecule has 1 amide bonds. The molecule has 4 aromatic rings. The lowest BCUT2D eigenvalue weighted by Gasteiger charge is -2.23. The lowest BCUT2D eigenvalue weighted by Crippen LogP contribution is -2.24. The maximum atomic E-state index is 14.9. The Kier molecular flexibility index (Phi) is 7.74. The number of aromatic nitrogens is 3. The molecule has 2 N–H and O–H groups in total. The van der Waals surface area contributed by atoms with Crippen LogP contribution >= 0.6 is 0 Å². The van der Waals surface area contributed by atoms with E-state index >= 15 is 0 Å². The van der Waals surface area contributed by atoms with Crippen LogP contribution in [0, 0.1) is 23.4 Å². The Bertz CT molecular complexity index is 1800. The van der Waals surface area contributed by atoms with Crippen LogP contribution < -0.4 is 5.73 Å². The molecule has 0 bridgehead atoms. The minimum atomic E-state index is -3.51. The van der Waals surface area contributed by atoms with Crippen molar-refractivity contribution < 1.29 is 40.3 Å². The number of amides is 1. The third-order valence-electron chi connectivity index (χ3n) is 8.36. The van der Waals surface area contributed by atoms with Gasteiger partial charge < -0.3 is 5.73 Å². The molecule has 2 heterocycles. The number of Topliss-reactive ketones (excluding diaryl/α,β-unsaturated/α-hetero) is 1. The number of nitrogens with two attached hydrogens (primary N) is 1. The average Bonchev–Trinajstić information content (AvgIpc) is 3.60. The molecular weight excluding hydrogens is 605 g/mol.